The van der Waals surface area contributed by atoms with E-state index in [0.717, 1.165) is 59.3 Å². The summed E-state index contributed by atoms with van der Waals surface area (Å²) in [6.45, 7) is 3.07. The zero-order valence-electron chi connectivity index (χ0n) is 23.0. The van der Waals surface area contributed by atoms with E-state index in [0.29, 0.717) is 36.8 Å². The van der Waals surface area contributed by atoms with Crippen LogP contribution in [0.15, 0.2) is 60.7 Å². The summed E-state index contributed by atoms with van der Waals surface area (Å²) in [5.41, 5.74) is 5.05. The third kappa shape index (κ3) is 5.18. The molecule has 40 heavy (non-hydrogen) atoms. The van der Waals surface area contributed by atoms with Gasteiger partial charge < -0.3 is 18.9 Å². The molecule has 1 saturated carbocycles. The highest BCUT2D eigenvalue weighted by Crippen LogP contribution is 2.43. The van der Waals surface area contributed by atoms with Crippen molar-refractivity contribution >= 4 is 16.1 Å². The SMILES string of the molecule is COc1cc2c(cc1OCc1ccccc1)CCN(S(=O)(=O)C1CCCC1)C2/C=C/c1cc2c(cc1C)OCO2. The van der Waals surface area contributed by atoms with E-state index in [-0.39, 0.29) is 12.0 Å². The van der Waals surface area contributed by atoms with Gasteiger partial charge in [-0.25, -0.2) is 8.42 Å². The predicted molar refractivity (Wildman–Crippen MR) is 154 cm³/mol. The molecule has 2 heterocycles. The van der Waals surface area contributed by atoms with Gasteiger partial charge in [-0.15, -0.1) is 0 Å². The fourth-order valence-electron chi connectivity index (χ4n) is 5.94. The maximum absolute atomic E-state index is 13.9. The van der Waals surface area contributed by atoms with Crippen LogP contribution in [-0.4, -0.2) is 38.4 Å². The van der Waals surface area contributed by atoms with Crippen LogP contribution in [0.4, 0.5) is 0 Å². The lowest BCUT2D eigenvalue weighted by molar-refractivity contribution is 0.174. The van der Waals surface area contributed by atoms with Gasteiger partial charge in [0.1, 0.15) is 6.61 Å². The highest BCUT2D eigenvalue weighted by atomic mass is 32.2. The van der Waals surface area contributed by atoms with E-state index >= 15 is 0 Å². The third-order valence-corrected chi connectivity index (χ3v) is 10.5. The minimum atomic E-state index is -3.49. The topological polar surface area (TPSA) is 74.3 Å². The summed E-state index contributed by atoms with van der Waals surface area (Å²) in [6.07, 6.45) is 7.97. The summed E-state index contributed by atoms with van der Waals surface area (Å²) in [5.74, 6) is 2.68. The first-order valence-corrected chi connectivity index (χ1v) is 15.4. The molecule has 0 bridgehead atoms. The molecule has 0 saturated heterocycles. The number of hydrogen-bond donors (Lipinski definition) is 0. The molecule has 210 valence electrons. The molecule has 0 radical (unpaired) electrons. The molecule has 0 amide bonds. The first kappa shape index (κ1) is 26.7. The largest absolute Gasteiger partial charge is 0.493 e. The van der Waals surface area contributed by atoms with Crippen molar-refractivity contribution in [2.75, 3.05) is 20.4 Å². The molecule has 0 N–H and O–H groups in total. The molecule has 1 aliphatic carbocycles. The molecule has 1 atom stereocenters. The van der Waals surface area contributed by atoms with Gasteiger partial charge in [0.25, 0.3) is 0 Å². The van der Waals surface area contributed by atoms with Gasteiger partial charge >= 0.3 is 0 Å². The number of sulfonamides is 1. The Kier molecular flexibility index (Phi) is 7.47. The highest BCUT2D eigenvalue weighted by molar-refractivity contribution is 7.89. The molecule has 6 rings (SSSR count). The van der Waals surface area contributed by atoms with E-state index in [1.165, 1.54) is 0 Å². The lowest BCUT2D eigenvalue weighted by Gasteiger charge is -2.37. The summed E-state index contributed by atoms with van der Waals surface area (Å²) in [5, 5.41) is -0.326. The monoisotopic (exact) mass is 561 g/mol. The zero-order chi connectivity index (χ0) is 27.7. The number of hydrogen-bond acceptors (Lipinski definition) is 6. The van der Waals surface area contributed by atoms with Crippen LogP contribution in [0, 0.1) is 6.92 Å². The molecular formula is C32H35NO6S. The Labute approximate surface area is 236 Å². The fraction of sp³-hybridized carbons (Fsp3) is 0.375. The van der Waals surface area contributed by atoms with Gasteiger partial charge in [-0.05, 0) is 78.3 Å². The maximum atomic E-state index is 13.9. The van der Waals surface area contributed by atoms with Crippen LogP contribution >= 0.6 is 0 Å². The second-order valence-electron chi connectivity index (χ2n) is 10.7. The van der Waals surface area contributed by atoms with Crippen molar-refractivity contribution in [3.63, 3.8) is 0 Å². The van der Waals surface area contributed by atoms with Gasteiger partial charge in [-0.2, -0.15) is 4.31 Å². The van der Waals surface area contributed by atoms with Crippen molar-refractivity contribution in [3.8, 4) is 23.0 Å². The Hall–Kier alpha value is -3.49. The number of methoxy groups -OCH3 is 1. The fourth-order valence-corrected chi connectivity index (χ4v) is 8.10. The Morgan fingerprint density at radius 3 is 2.50 bits per heavy atom. The van der Waals surface area contributed by atoms with Gasteiger partial charge in [-0.3, -0.25) is 0 Å². The van der Waals surface area contributed by atoms with Crippen LogP contribution in [0.1, 0.15) is 59.5 Å². The number of fused-ring (bicyclic) bond motifs is 2. The predicted octanol–water partition coefficient (Wildman–Crippen LogP) is 6.20. The minimum absolute atomic E-state index is 0.208. The van der Waals surface area contributed by atoms with Crippen LogP contribution in [-0.2, 0) is 23.1 Å². The Balaban J connectivity index is 1.37. The van der Waals surface area contributed by atoms with E-state index in [1.807, 2.05) is 73.7 Å². The van der Waals surface area contributed by atoms with Crippen LogP contribution < -0.4 is 18.9 Å². The van der Waals surface area contributed by atoms with E-state index in [1.54, 1.807) is 11.4 Å². The molecule has 7 nitrogen and oxygen atoms in total. The molecule has 3 aliphatic rings. The summed E-state index contributed by atoms with van der Waals surface area (Å²) in [4.78, 5) is 0. The van der Waals surface area contributed by atoms with Crippen molar-refractivity contribution in [1.29, 1.82) is 0 Å². The number of ether oxygens (including phenoxy) is 4. The van der Waals surface area contributed by atoms with E-state index in [2.05, 4.69) is 0 Å². The van der Waals surface area contributed by atoms with Gasteiger partial charge in [0.15, 0.2) is 23.0 Å². The molecule has 8 heteroatoms. The van der Waals surface area contributed by atoms with Crippen molar-refractivity contribution in [1.82, 2.24) is 4.31 Å². The van der Waals surface area contributed by atoms with E-state index in [9.17, 15) is 8.42 Å². The lowest BCUT2D eigenvalue weighted by atomic mass is 9.92. The van der Waals surface area contributed by atoms with Crippen molar-refractivity contribution < 1.29 is 27.4 Å². The lowest BCUT2D eigenvalue weighted by Crippen LogP contribution is -2.43. The number of nitrogens with zero attached hydrogens (tertiary/aromatic N) is 1. The molecular weight excluding hydrogens is 526 g/mol. The van der Waals surface area contributed by atoms with Crippen molar-refractivity contribution in [3.05, 3.63) is 88.5 Å². The van der Waals surface area contributed by atoms with Crippen LogP contribution in [0.3, 0.4) is 0 Å². The van der Waals surface area contributed by atoms with Crippen LogP contribution in [0.5, 0.6) is 23.0 Å². The van der Waals surface area contributed by atoms with Crippen LogP contribution in [0.2, 0.25) is 0 Å². The third-order valence-electron chi connectivity index (χ3n) is 8.16. The Bertz CT molecular complexity index is 1510. The number of benzene rings is 3. The second kappa shape index (κ2) is 11.2. The molecule has 1 fully saturated rings. The Morgan fingerprint density at radius 2 is 1.75 bits per heavy atom. The first-order valence-electron chi connectivity index (χ1n) is 13.9. The molecule has 3 aromatic rings. The average Bonchev–Trinajstić information content (AvgIpc) is 3.67. The van der Waals surface area contributed by atoms with Gasteiger partial charge in [0.05, 0.1) is 18.4 Å². The molecule has 0 aromatic heterocycles. The normalized spacial score (nSPS) is 19.2. The molecule has 2 aliphatic heterocycles. The summed E-state index contributed by atoms with van der Waals surface area (Å²) in [6, 6.07) is 17.4. The van der Waals surface area contributed by atoms with E-state index < -0.39 is 16.1 Å². The highest BCUT2D eigenvalue weighted by Gasteiger charge is 2.40. The molecule has 1 unspecified atom stereocenters. The summed E-state index contributed by atoms with van der Waals surface area (Å²) >= 11 is 0. The summed E-state index contributed by atoms with van der Waals surface area (Å²) < 4.78 is 52.6. The first-order chi connectivity index (χ1) is 19.4. The number of aryl methyl sites for hydroxylation is 1. The minimum Gasteiger partial charge on any atom is -0.493 e. The smallest absolute Gasteiger partial charge is 0.231 e. The standard InChI is InChI=1S/C32H35NO6S/c1-22-16-30-32(39-21-38-30)17-24(22)12-13-28-27-19-29(36-2)31(37-20-23-8-4-3-5-9-23)18-25(27)14-15-33(28)40(34,35)26-10-6-7-11-26/h3-5,8-9,12-13,16-19,26,28H,6-7,10-11,14-15,20-21H2,1-2H3/b13-12+. The molecule has 3 aromatic carbocycles. The van der Waals surface area contributed by atoms with Crippen LogP contribution in [0.25, 0.3) is 6.08 Å². The zero-order valence-corrected chi connectivity index (χ0v) is 23.8. The van der Waals surface area contributed by atoms with Gasteiger partial charge in [-0.1, -0.05) is 55.3 Å². The van der Waals surface area contributed by atoms with Gasteiger partial charge in [0, 0.05) is 6.54 Å². The number of rotatable bonds is 8. The maximum Gasteiger partial charge on any atom is 0.231 e. The summed E-state index contributed by atoms with van der Waals surface area (Å²) in [7, 11) is -1.87. The second-order valence-corrected chi connectivity index (χ2v) is 12.8. The van der Waals surface area contributed by atoms with Gasteiger partial charge in [0.2, 0.25) is 16.8 Å². The van der Waals surface area contributed by atoms with E-state index in [4.69, 9.17) is 18.9 Å². The average molecular weight is 562 g/mol. The van der Waals surface area contributed by atoms with Crippen molar-refractivity contribution in [2.24, 2.45) is 0 Å². The Morgan fingerprint density at radius 1 is 1.00 bits per heavy atom. The molecule has 0 spiro atoms. The van der Waals surface area contributed by atoms with Crippen molar-refractivity contribution in [2.45, 2.75) is 56.9 Å². The quantitative estimate of drug-likeness (QED) is 0.326.